The maximum Gasteiger partial charge on any atom is 0.315 e. The minimum absolute atomic E-state index is 0.0327. The van der Waals surface area contributed by atoms with Gasteiger partial charge in [-0.2, -0.15) is 11.8 Å². The number of morpholine rings is 1. The van der Waals surface area contributed by atoms with E-state index in [1.807, 2.05) is 11.8 Å². The summed E-state index contributed by atoms with van der Waals surface area (Å²) in [6.45, 7) is 8.63. The first kappa shape index (κ1) is 20.7. The molecule has 8 heteroatoms. The number of carbonyl (C=O) groups excluding carboxylic acids is 2. The molecule has 3 aliphatic rings. The summed E-state index contributed by atoms with van der Waals surface area (Å²) in [5, 5.41) is 9.61. The Hall–Kier alpha value is -0.990. The lowest BCUT2D eigenvalue weighted by Crippen LogP contribution is -2.51. The molecule has 0 aromatic heterocycles. The van der Waals surface area contributed by atoms with Crippen LogP contribution in [0.25, 0.3) is 0 Å². The minimum atomic E-state index is -0.0327. The Kier molecular flexibility index (Phi) is 7.66. The predicted molar refractivity (Wildman–Crippen MR) is 108 cm³/mol. The number of urea groups is 1. The molecule has 0 saturated carbocycles. The number of unbranched alkanes of at least 4 members (excludes halogenated alkanes) is 1. The summed E-state index contributed by atoms with van der Waals surface area (Å²) < 4.78 is 5.44. The zero-order valence-electron chi connectivity index (χ0n) is 16.5. The molecule has 3 N–H and O–H groups in total. The first-order chi connectivity index (χ1) is 13.0. The van der Waals surface area contributed by atoms with E-state index in [2.05, 4.69) is 34.7 Å². The topological polar surface area (TPSA) is 82.7 Å². The Balaban J connectivity index is 1.30. The number of carbonyl (C=O) groups is 2. The third-order valence-corrected chi connectivity index (χ3v) is 7.38. The molecule has 27 heavy (non-hydrogen) atoms. The van der Waals surface area contributed by atoms with Crippen LogP contribution in [0.15, 0.2) is 0 Å². The van der Waals surface area contributed by atoms with E-state index in [4.69, 9.17) is 4.74 Å². The van der Waals surface area contributed by atoms with Crippen molar-refractivity contribution in [1.29, 1.82) is 0 Å². The van der Waals surface area contributed by atoms with E-state index in [1.54, 1.807) is 0 Å². The number of fused-ring (bicyclic) bond motifs is 1. The molecule has 0 aliphatic carbocycles. The molecule has 0 bridgehead atoms. The molecule has 3 aliphatic heterocycles. The number of rotatable bonds is 9. The number of nitrogens with one attached hydrogen (secondary N) is 3. The number of hydrogen-bond acceptors (Lipinski definition) is 5. The summed E-state index contributed by atoms with van der Waals surface area (Å²) in [6.07, 6.45) is 3.58. The Labute approximate surface area is 166 Å². The highest BCUT2D eigenvalue weighted by atomic mass is 32.2. The van der Waals surface area contributed by atoms with Crippen LogP contribution in [0.4, 0.5) is 4.79 Å². The molecule has 7 nitrogen and oxygen atoms in total. The molecule has 0 aromatic rings. The standard InChI is InChI=1S/C19H34N4O3S/c1-13(2)15(23-7-9-26-10-8-23)11-20-17(24)6-4-3-5-16-18-14(12-27-16)21-19(25)22-18/h13-16,18H,3-12H2,1-2H3,(H,20,24)(H2,21,22,25)/t14-,15-,16-,18-/m0/s1. The van der Waals surface area contributed by atoms with Gasteiger partial charge in [0.15, 0.2) is 0 Å². The molecular weight excluding hydrogens is 364 g/mol. The van der Waals surface area contributed by atoms with E-state index >= 15 is 0 Å². The molecule has 154 valence electrons. The van der Waals surface area contributed by atoms with Gasteiger partial charge in [-0.3, -0.25) is 9.69 Å². The van der Waals surface area contributed by atoms with Crippen molar-refractivity contribution in [2.75, 3.05) is 38.6 Å². The van der Waals surface area contributed by atoms with E-state index in [1.165, 1.54) is 0 Å². The Morgan fingerprint density at radius 3 is 2.81 bits per heavy atom. The van der Waals surface area contributed by atoms with Gasteiger partial charge in [-0.1, -0.05) is 20.3 Å². The second-order valence-electron chi connectivity index (χ2n) is 8.13. The van der Waals surface area contributed by atoms with Crippen LogP contribution in [0, 0.1) is 5.92 Å². The van der Waals surface area contributed by atoms with E-state index in [0.717, 1.165) is 57.9 Å². The smallest absolute Gasteiger partial charge is 0.315 e. The van der Waals surface area contributed by atoms with Crippen LogP contribution in [-0.4, -0.2) is 78.8 Å². The van der Waals surface area contributed by atoms with Gasteiger partial charge in [0, 0.05) is 43.1 Å². The predicted octanol–water partition coefficient (Wildman–Crippen LogP) is 1.19. The van der Waals surface area contributed by atoms with E-state index in [0.29, 0.717) is 23.6 Å². The Bertz CT molecular complexity index is 513. The zero-order chi connectivity index (χ0) is 19.2. The summed E-state index contributed by atoms with van der Waals surface area (Å²) >= 11 is 1.93. The maximum atomic E-state index is 12.2. The third-order valence-electron chi connectivity index (χ3n) is 5.87. The number of amides is 3. The number of ether oxygens (including phenoxy) is 1. The average molecular weight is 399 g/mol. The van der Waals surface area contributed by atoms with Crippen LogP contribution in [0.5, 0.6) is 0 Å². The molecule has 3 rings (SSSR count). The fourth-order valence-electron chi connectivity index (χ4n) is 4.28. The Morgan fingerprint density at radius 1 is 1.30 bits per heavy atom. The number of hydrogen-bond donors (Lipinski definition) is 3. The third kappa shape index (κ3) is 5.74. The van der Waals surface area contributed by atoms with E-state index in [-0.39, 0.29) is 24.0 Å². The van der Waals surface area contributed by atoms with Crippen molar-refractivity contribution < 1.29 is 14.3 Å². The Morgan fingerprint density at radius 2 is 2.07 bits per heavy atom. The van der Waals surface area contributed by atoms with Gasteiger partial charge < -0.3 is 20.7 Å². The van der Waals surface area contributed by atoms with Crippen LogP contribution in [0.1, 0.15) is 39.5 Å². The quantitative estimate of drug-likeness (QED) is 0.401. The van der Waals surface area contributed by atoms with Crippen LogP contribution in [0.3, 0.4) is 0 Å². The molecule has 3 saturated heterocycles. The van der Waals surface area contributed by atoms with Gasteiger partial charge in [-0.25, -0.2) is 4.79 Å². The summed E-state index contributed by atoms with van der Waals surface area (Å²) in [6, 6.07) is 0.887. The van der Waals surface area contributed by atoms with Gasteiger partial charge in [0.1, 0.15) is 0 Å². The van der Waals surface area contributed by atoms with E-state index in [9.17, 15) is 9.59 Å². The van der Waals surface area contributed by atoms with Gasteiger partial charge in [0.2, 0.25) is 5.91 Å². The van der Waals surface area contributed by atoms with Crippen LogP contribution >= 0.6 is 11.8 Å². The second kappa shape index (κ2) is 9.98. The largest absolute Gasteiger partial charge is 0.379 e. The molecule has 3 heterocycles. The highest BCUT2D eigenvalue weighted by Crippen LogP contribution is 2.33. The van der Waals surface area contributed by atoms with Gasteiger partial charge >= 0.3 is 6.03 Å². The number of nitrogens with zero attached hydrogens (tertiary/aromatic N) is 1. The molecule has 4 atom stereocenters. The van der Waals surface area contributed by atoms with Gasteiger partial charge in [-0.15, -0.1) is 0 Å². The summed E-state index contributed by atoms with van der Waals surface area (Å²) in [4.78, 5) is 26.1. The SMILES string of the molecule is CC(C)[C@H](CNC(=O)CCCC[C@@H]1SC[C@@H]2NC(=O)N[C@@H]21)N1CCOCC1. The van der Waals surface area contributed by atoms with Gasteiger partial charge in [-0.05, 0) is 18.8 Å². The molecule has 0 aromatic carbocycles. The molecule has 0 spiro atoms. The lowest BCUT2D eigenvalue weighted by atomic mass is 10.0. The van der Waals surface area contributed by atoms with Crippen molar-refractivity contribution in [2.24, 2.45) is 5.92 Å². The minimum Gasteiger partial charge on any atom is -0.379 e. The van der Waals surface area contributed by atoms with Crippen molar-refractivity contribution in [2.45, 2.75) is 62.9 Å². The monoisotopic (exact) mass is 398 g/mol. The van der Waals surface area contributed by atoms with Crippen molar-refractivity contribution in [3.8, 4) is 0 Å². The molecule has 0 unspecified atom stereocenters. The molecular formula is C19H34N4O3S. The molecule has 3 fully saturated rings. The lowest BCUT2D eigenvalue weighted by molar-refractivity contribution is -0.121. The van der Waals surface area contributed by atoms with Crippen LogP contribution in [0.2, 0.25) is 0 Å². The van der Waals surface area contributed by atoms with Crippen LogP contribution in [-0.2, 0) is 9.53 Å². The average Bonchev–Trinajstić information content (AvgIpc) is 3.19. The van der Waals surface area contributed by atoms with E-state index < -0.39 is 0 Å². The van der Waals surface area contributed by atoms with Gasteiger partial charge in [0.05, 0.1) is 25.3 Å². The van der Waals surface area contributed by atoms with Crippen molar-refractivity contribution >= 4 is 23.7 Å². The molecule has 0 radical (unpaired) electrons. The fourth-order valence-corrected chi connectivity index (χ4v) is 5.82. The fraction of sp³-hybridized carbons (Fsp3) is 0.895. The summed E-state index contributed by atoms with van der Waals surface area (Å²) in [7, 11) is 0. The zero-order valence-corrected chi connectivity index (χ0v) is 17.4. The van der Waals surface area contributed by atoms with Crippen molar-refractivity contribution in [3.05, 3.63) is 0 Å². The molecule has 3 amide bonds. The maximum absolute atomic E-state index is 12.2. The first-order valence-corrected chi connectivity index (χ1v) is 11.4. The van der Waals surface area contributed by atoms with Crippen LogP contribution < -0.4 is 16.0 Å². The van der Waals surface area contributed by atoms with Crippen molar-refractivity contribution in [3.63, 3.8) is 0 Å². The first-order valence-electron chi connectivity index (χ1n) is 10.3. The van der Waals surface area contributed by atoms with Crippen molar-refractivity contribution in [1.82, 2.24) is 20.9 Å². The highest BCUT2D eigenvalue weighted by Gasteiger charge is 2.42. The highest BCUT2D eigenvalue weighted by molar-refractivity contribution is 8.00. The van der Waals surface area contributed by atoms with Gasteiger partial charge in [0.25, 0.3) is 0 Å². The summed E-state index contributed by atoms with van der Waals surface area (Å²) in [5.74, 6) is 1.65. The normalized spacial score (nSPS) is 29.3. The second-order valence-corrected chi connectivity index (χ2v) is 9.40. The lowest BCUT2D eigenvalue weighted by Gasteiger charge is -2.36. The summed E-state index contributed by atoms with van der Waals surface area (Å²) in [5.41, 5.74) is 0. The number of thioether (sulfide) groups is 1.